The monoisotopic (exact) mass is 240 g/mol. The Morgan fingerprint density at radius 3 is 2.50 bits per heavy atom. The molecule has 0 heterocycles. The zero-order valence-electron chi connectivity index (χ0n) is 9.41. The number of carbonyl (C=O) groups excluding carboxylic acids is 2. The summed E-state index contributed by atoms with van der Waals surface area (Å²) in [6.07, 6.45) is 0.607. The van der Waals surface area contributed by atoms with E-state index >= 15 is 0 Å². The first-order valence-corrected chi connectivity index (χ1v) is 5.20. The smallest absolute Gasteiger partial charge is 0.340 e. The standard InChI is InChI=1S/C12H13ClO3/c1-12(2,3)16-11(15)9-6-4-5-8(7-14)10(9)13/h4-7H,1-3H3. The summed E-state index contributed by atoms with van der Waals surface area (Å²) in [5.41, 5.74) is -0.0939. The molecule has 0 aromatic heterocycles. The van der Waals surface area contributed by atoms with Crippen molar-refractivity contribution in [2.45, 2.75) is 26.4 Å². The first-order valence-electron chi connectivity index (χ1n) is 4.82. The molecule has 0 amide bonds. The first-order chi connectivity index (χ1) is 7.35. The summed E-state index contributed by atoms with van der Waals surface area (Å²) in [7, 11) is 0. The second kappa shape index (κ2) is 4.66. The topological polar surface area (TPSA) is 43.4 Å². The number of rotatable bonds is 2. The van der Waals surface area contributed by atoms with E-state index in [-0.39, 0.29) is 16.1 Å². The van der Waals surface area contributed by atoms with E-state index in [2.05, 4.69) is 0 Å². The number of halogens is 1. The maximum absolute atomic E-state index is 11.7. The summed E-state index contributed by atoms with van der Waals surface area (Å²) in [6, 6.07) is 4.67. The molecule has 0 fully saturated rings. The second-order valence-corrected chi connectivity index (χ2v) is 4.71. The predicted molar refractivity (Wildman–Crippen MR) is 62.0 cm³/mol. The molecular weight excluding hydrogens is 228 g/mol. The lowest BCUT2D eigenvalue weighted by Crippen LogP contribution is -2.24. The van der Waals surface area contributed by atoms with Gasteiger partial charge in [-0.1, -0.05) is 23.7 Å². The molecule has 1 aromatic carbocycles. The summed E-state index contributed by atoms with van der Waals surface area (Å²) in [6.45, 7) is 5.30. The summed E-state index contributed by atoms with van der Waals surface area (Å²) in [5, 5.41) is 0.131. The van der Waals surface area contributed by atoms with E-state index in [1.54, 1.807) is 32.9 Å². The molecule has 4 heteroatoms. The van der Waals surface area contributed by atoms with Crippen molar-refractivity contribution < 1.29 is 14.3 Å². The van der Waals surface area contributed by atoms with Gasteiger partial charge in [0.1, 0.15) is 5.60 Å². The lowest BCUT2D eigenvalue weighted by atomic mass is 10.1. The van der Waals surface area contributed by atoms with E-state index in [1.165, 1.54) is 6.07 Å². The molecule has 0 spiro atoms. The van der Waals surface area contributed by atoms with Crippen LogP contribution in [-0.4, -0.2) is 17.9 Å². The second-order valence-electron chi connectivity index (χ2n) is 4.33. The fourth-order valence-corrected chi connectivity index (χ4v) is 1.38. The summed E-state index contributed by atoms with van der Waals surface area (Å²) >= 11 is 5.90. The van der Waals surface area contributed by atoms with Crippen LogP contribution in [-0.2, 0) is 4.74 Å². The SMILES string of the molecule is CC(C)(C)OC(=O)c1cccc(C=O)c1Cl. The molecule has 0 bridgehead atoms. The van der Waals surface area contributed by atoms with E-state index in [0.717, 1.165) is 0 Å². The Kier molecular flexibility index (Phi) is 3.70. The fourth-order valence-electron chi connectivity index (χ4n) is 1.13. The van der Waals surface area contributed by atoms with E-state index in [9.17, 15) is 9.59 Å². The molecule has 0 saturated heterocycles. The first kappa shape index (κ1) is 12.7. The average molecular weight is 241 g/mol. The summed E-state index contributed by atoms with van der Waals surface area (Å²) < 4.78 is 5.16. The number of hydrogen-bond donors (Lipinski definition) is 0. The predicted octanol–water partition coefficient (Wildman–Crippen LogP) is 3.11. The van der Waals surface area contributed by atoms with Gasteiger partial charge in [0.25, 0.3) is 0 Å². The minimum atomic E-state index is -0.586. The Balaban J connectivity index is 3.05. The van der Waals surface area contributed by atoms with Gasteiger partial charge in [0.15, 0.2) is 6.29 Å². The number of aldehydes is 1. The van der Waals surface area contributed by atoms with Crippen molar-refractivity contribution in [1.82, 2.24) is 0 Å². The number of carbonyl (C=O) groups is 2. The highest BCUT2D eigenvalue weighted by molar-refractivity contribution is 6.35. The molecule has 0 unspecified atom stereocenters. The molecule has 3 nitrogen and oxygen atoms in total. The lowest BCUT2D eigenvalue weighted by molar-refractivity contribution is 0.00697. The maximum atomic E-state index is 11.7. The molecule has 16 heavy (non-hydrogen) atoms. The number of hydrogen-bond acceptors (Lipinski definition) is 3. The average Bonchev–Trinajstić information content (AvgIpc) is 2.15. The highest BCUT2D eigenvalue weighted by Gasteiger charge is 2.20. The highest BCUT2D eigenvalue weighted by Crippen LogP contribution is 2.22. The van der Waals surface area contributed by atoms with Crippen LogP contribution < -0.4 is 0 Å². The van der Waals surface area contributed by atoms with Crippen molar-refractivity contribution in [3.05, 3.63) is 34.3 Å². The summed E-state index contributed by atoms with van der Waals surface area (Å²) in [5.74, 6) is -0.527. The third-order valence-electron chi connectivity index (χ3n) is 1.77. The van der Waals surface area contributed by atoms with Crippen molar-refractivity contribution in [1.29, 1.82) is 0 Å². The van der Waals surface area contributed by atoms with Crippen LogP contribution in [0.4, 0.5) is 0 Å². The van der Waals surface area contributed by atoms with Crippen molar-refractivity contribution in [3.63, 3.8) is 0 Å². The maximum Gasteiger partial charge on any atom is 0.340 e. The van der Waals surface area contributed by atoms with Gasteiger partial charge in [-0.05, 0) is 26.8 Å². The quantitative estimate of drug-likeness (QED) is 0.589. The Bertz CT molecular complexity index is 419. The molecule has 0 saturated carbocycles. The Labute approximate surface area is 99.4 Å². The van der Waals surface area contributed by atoms with Crippen molar-refractivity contribution in [3.8, 4) is 0 Å². The van der Waals surface area contributed by atoms with Crippen LogP contribution in [0.3, 0.4) is 0 Å². The van der Waals surface area contributed by atoms with Gasteiger partial charge in [-0.2, -0.15) is 0 Å². The number of benzene rings is 1. The Morgan fingerprint density at radius 1 is 1.38 bits per heavy atom. The minimum Gasteiger partial charge on any atom is -0.456 e. The van der Waals surface area contributed by atoms with E-state index in [4.69, 9.17) is 16.3 Å². The Hall–Kier alpha value is -1.35. The summed E-state index contributed by atoms with van der Waals surface area (Å²) in [4.78, 5) is 22.4. The van der Waals surface area contributed by atoms with E-state index in [0.29, 0.717) is 6.29 Å². The molecule has 0 aliphatic carbocycles. The Morgan fingerprint density at radius 2 is 2.00 bits per heavy atom. The molecule has 0 radical (unpaired) electrons. The van der Waals surface area contributed by atoms with Gasteiger partial charge in [0.2, 0.25) is 0 Å². The van der Waals surface area contributed by atoms with Crippen molar-refractivity contribution in [2.75, 3.05) is 0 Å². The molecule has 0 aliphatic rings. The van der Waals surface area contributed by atoms with Gasteiger partial charge in [-0.3, -0.25) is 4.79 Å². The zero-order chi connectivity index (χ0) is 12.3. The van der Waals surface area contributed by atoms with Gasteiger partial charge in [0, 0.05) is 5.56 Å². The van der Waals surface area contributed by atoms with Crippen LogP contribution >= 0.6 is 11.6 Å². The van der Waals surface area contributed by atoms with Gasteiger partial charge in [0.05, 0.1) is 10.6 Å². The molecule has 0 N–H and O–H groups in total. The van der Waals surface area contributed by atoms with Crippen LogP contribution in [0.25, 0.3) is 0 Å². The van der Waals surface area contributed by atoms with Gasteiger partial charge in [-0.25, -0.2) is 4.79 Å². The minimum absolute atomic E-state index is 0.131. The lowest BCUT2D eigenvalue weighted by Gasteiger charge is -2.19. The molecule has 86 valence electrons. The molecular formula is C12H13ClO3. The normalized spacial score (nSPS) is 11.0. The largest absolute Gasteiger partial charge is 0.456 e. The van der Waals surface area contributed by atoms with Crippen LogP contribution in [0, 0.1) is 0 Å². The van der Waals surface area contributed by atoms with E-state index in [1.807, 2.05) is 0 Å². The molecule has 0 aliphatic heterocycles. The molecule has 1 aromatic rings. The van der Waals surface area contributed by atoms with Crippen LogP contribution in [0.1, 0.15) is 41.5 Å². The van der Waals surface area contributed by atoms with Crippen LogP contribution in [0.15, 0.2) is 18.2 Å². The van der Waals surface area contributed by atoms with Gasteiger partial charge >= 0.3 is 5.97 Å². The van der Waals surface area contributed by atoms with Gasteiger partial charge < -0.3 is 4.74 Å². The van der Waals surface area contributed by atoms with Crippen molar-refractivity contribution in [2.24, 2.45) is 0 Å². The number of esters is 1. The number of ether oxygens (including phenoxy) is 1. The highest BCUT2D eigenvalue weighted by atomic mass is 35.5. The third kappa shape index (κ3) is 3.07. The molecule has 0 atom stereocenters. The third-order valence-corrected chi connectivity index (χ3v) is 2.20. The fraction of sp³-hybridized carbons (Fsp3) is 0.333. The zero-order valence-corrected chi connectivity index (χ0v) is 10.2. The van der Waals surface area contributed by atoms with Crippen LogP contribution in [0.5, 0.6) is 0 Å². The van der Waals surface area contributed by atoms with Crippen molar-refractivity contribution >= 4 is 23.9 Å². The molecule has 1 rings (SSSR count). The van der Waals surface area contributed by atoms with Crippen LogP contribution in [0.2, 0.25) is 5.02 Å². The van der Waals surface area contributed by atoms with Gasteiger partial charge in [-0.15, -0.1) is 0 Å². The van der Waals surface area contributed by atoms with E-state index < -0.39 is 11.6 Å².